The quantitative estimate of drug-likeness (QED) is 0.669. The molecular formula is C20H19ClN2O2S. The second-order valence-corrected chi connectivity index (χ2v) is 7.56. The molecule has 1 heterocycles. The predicted octanol–water partition coefficient (Wildman–Crippen LogP) is 4.67. The molecule has 3 rings (SSSR count). The summed E-state index contributed by atoms with van der Waals surface area (Å²) in [4.78, 5) is 27.7. The van der Waals surface area contributed by atoms with Gasteiger partial charge in [-0.2, -0.15) is 0 Å². The number of hydrogen-bond acceptors (Lipinski definition) is 3. The van der Waals surface area contributed by atoms with E-state index in [4.69, 9.17) is 11.6 Å². The van der Waals surface area contributed by atoms with Gasteiger partial charge in [-0.1, -0.05) is 23.7 Å². The van der Waals surface area contributed by atoms with Crippen molar-refractivity contribution < 1.29 is 4.79 Å². The van der Waals surface area contributed by atoms with Crippen molar-refractivity contribution >= 4 is 45.9 Å². The first-order valence-corrected chi connectivity index (χ1v) is 9.72. The van der Waals surface area contributed by atoms with Crippen LogP contribution in [0, 0.1) is 13.8 Å². The summed E-state index contributed by atoms with van der Waals surface area (Å²) < 4.78 is 0. The third kappa shape index (κ3) is 4.29. The summed E-state index contributed by atoms with van der Waals surface area (Å²) in [5.41, 5.74) is 4.58. The Balaban J connectivity index is 1.65. The lowest BCUT2D eigenvalue weighted by molar-refractivity contribution is -0.113. The summed E-state index contributed by atoms with van der Waals surface area (Å²) in [5, 5.41) is 4.08. The molecule has 0 radical (unpaired) electrons. The van der Waals surface area contributed by atoms with Gasteiger partial charge in [0.1, 0.15) is 0 Å². The lowest BCUT2D eigenvalue weighted by Crippen LogP contribution is -2.14. The Morgan fingerprint density at radius 3 is 2.77 bits per heavy atom. The number of amides is 1. The van der Waals surface area contributed by atoms with Crippen LogP contribution in [0.3, 0.4) is 0 Å². The number of carbonyl (C=O) groups is 1. The molecule has 2 aromatic carbocycles. The van der Waals surface area contributed by atoms with Crippen molar-refractivity contribution in [1.29, 1.82) is 0 Å². The van der Waals surface area contributed by atoms with Crippen LogP contribution in [0.5, 0.6) is 0 Å². The monoisotopic (exact) mass is 386 g/mol. The molecule has 3 aromatic rings. The Morgan fingerprint density at radius 1 is 1.19 bits per heavy atom. The van der Waals surface area contributed by atoms with E-state index >= 15 is 0 Å². The molecule has 1 aromatic heterocycles. The molecular weight excluding hydrogens is 368 g/mol. The van der Waals surface area contributed by atoms with E-state index in [0.717, 1.165) is 22.3 Å². The maximum absolute atomic E-state index is 12.3. The van der Waals surface area contributed by atoms with Crippen molar-refractivity contribution in [2.45, 2.75) is 19.6 Å². The van der Waals surface area contributed by atoms with E-state index in [1.54, 1.807) is 30.3 Å². The van der Waals surface area contributed by atoms with Gasteiger partial charge in [-0.25, -0.2) is 0 Å². The van der Waals surface area contributed by atoms with Gasteiger partial charge in [-0.3, -0.25) is 9.59 Å². The van der Waals surface area contributed by atoms with Crippen LogP contribution >= 0.6 is 23.4 Å². The van der Waals surface area contributed by atoms with Gasteiger partial charge in [-0.15, -0.1) is 11.8 Å². The minimum absolute atomic E-state index is 0.000768. The van der Waals surface area contributed by atoms with Gasteiger partial charge in [0.2, 0.25) is 5.91 Å². The topological polar surface area (TPSA) is 62.0 Å². The largest absolute Gasteiger partial charge is 0.357 e. The zero-order chi connectivity index (χ0) is 18.7. The zero-order valence-electron chi connectivity index (χ0n) is 14.6. The molecule has 26 heavy (non-hydrogen) atoms. The van der Waals surface area contributed by atoms with Crippen LogP contribution < -0.4 is 10.7 Å². The molecule has 4 nitrogen and oxygen atoms in total. The number of fused-ring (bicyclic) bond motifs is 1. The molecule has 0 fully saturated rings. The second-order valence-electron chi connectivity index (χ2n) is 6.14. The molecule has 2 N–H and O–H groups in total. The molecule has 0 bridgehead atoms. The standard InChI is InChI=1S/C20H19ClN2O2S/c1-12-6-7-17-18(24)9-16(23-20(17)13(12)2)10-26-11-19(25)22-15-5-3-4-14(21)8-15/h3-9H,10-11H2,1-2H3,(H,22,25)(H,23,24). The zero-order valence-corrected chi connectivity index (χ0v) is 16.1. The van der Waals surface area contributed by atoms with E-state index in [-0.39, 0.29) is 11.3 Å². The van der Waals surface area contributed by atoms with E-state index in [9.17, 15) is 9.59 Å². The summed E-state index contributed by atoms with van der Waals surface area (Å²) in [6.07, 6.45) is 0. The average Bonchev–Trinajstić information content (AvgIpc) is 2.58. The van der Waals surface area contributed by atoms with Crippen LogP contribution in [0.2, 0.25) is 5.02 Å². The van der Waals surface area contributed by atoms with Crippen LogP contribution in [0.1, 0.15) is 16.8 Å². The van der Waals surface area contributed by atoms with E-state index < -0.39 is 0 Å². The molecule has 0 saturated carbocycles. The summed E-state index contributed by atoms with van der Waals surface area (Å²) >= 11 is 7.36. The fourth-order valence-electron chi connectivity index (χ4n) is 2.71. The number of halogens is 1. The number of rotatable bonds is 5. The predicted molar refractivity (Wildman–Crippen MR) is 110 cm³/mol. The van der Waals surface area contributed by atoms with Gasteiger partial charge in [0.15, 0.2) is 5.43 Å². The fraction of sp³-hybridized carbons (Fsp3) is 0.200. The molecule has 1 amide bonds. The number of anilines is 1. The van der Waals surface area contributed by atoms with Crippen molar-refractivity contribution in [3.8, 4) is 0 Å². The highest BCUT2D eigenvalue weighted by molar-refractivity contribution is 7.99. The second kappa shape index (κ2) is 7.98. The van der Waals surface area contributed by atoms with E-state index in [2.05, 4.69) is 10.3 Å². The molecule has 6 heteroatoms. The van der Waals surface area contributed by atoms with Crippen molar-refractivity contribution in [2.75, 3.05) is 11.1 Å². The Bertz CT molecular complexity index is 1030. The molecule has 0 unspecified atom stereocenters. The highest BCUT2D eigenvalue weighted by Gasteiger charge is 2.08. The summed E-state index contributed by atoms with van der Waals surface area (Å²) in [5.74, 6) is 0.744. The summed E-state index contributed by atoms with van der Waals surface area (Å²) in [6.45, 7) is 4.03. The first kappa shape index (κ1) is 18.5. The first-order chi connectivity index (χ1) is 12.4. The number of benzene rings is 2. The number of aromatic amines is 1. The normalized spacial score (nSPS) is 10.9. The van der Waals surface area contributed by atoms with Gasteiger partial charge in [0, 0.05) is 33.6 Å². The highest BCUT2D eigenvalue weighted by Crippen LogP contribution is 2.19. The van der Waals surface area contributed by atoms with Gasteiger partial charge < -0.3 is 10.3 Å². The van der Waals surface area contributed by atoms with E-state index in [1.165, 1.54) is 11.8 Å². The summed E-state index contributed by atoms with van der Waals surface area (Å²) in [6, 6.07) is 12.5. The van der Waals surface area contributed by atoms with Gasteiger partial charge >= 0.3 is 0 Å². The van der Waals surface area contributed by atoms with Crippen molar-refractivity contribution in [2.24, 2.45) is 0 Å². The SMILES string of the molecule is Cc1ccc2c(=O)cc(CSCC(=O)Nc3cccc(Cl)c3)[nH]c2c1C. The maximum Gasteiger partial charge on any atom is 0.234 e. The molecule has 0 aliphatic heterocycles. The molecule has 0 spiro atoms. The third-order valence-electron chi connectivity index (χ3n) is 4.19. The van der Waals surface area contributed by atoms with Gasteiger partial charge in [-0.05, 0) is 49.2 Å². The number of nitrogens with one attached hydrogen (secondary N) is 2. The van der Waals surface area contributed by atoms with E-state index in [0.29, 0.717) is 27.6 Å². The average molecular weight is 387 g/mol. The number of carbonyl (C=O) groups excluding carboxylic acids is 1. The highest BCUT2D eigenvalue weighted by atomic mass is 35.5. The smallest absolute Gasteiger partial charge is 0.234 e. The molecule has 134 valence electrons. The Labute approximate surface area is 161 Å². The van der Waals surface area contributed by atoms with Crippen LogP contribution in [-0.2, 0) is 10.5 Å². The van der Waals surface area contributed by atoms with Crippen molar-refractivity contribution in [3.05, 3.63) is 74.5 Å². The Hall–Kier alpha value is -2.24. The molecule has 0 aliphatic carbocycles. The molecule has 0 aliphatic rings. The minimum Gasteiger partial charge on any atom is -0.357 e. The van der Waals surface area contributed by atoms with Crippen LogP contribution in [0.15, 0.2) is 47.3 Å². The number of pyridine rings is 1. The first-order valence-electron chi connectivity index (χ1n) is 8.19. The Kier molecular flexibility index (Phi) is 5.69. The Morgan fingerprint density at radius 2 is 2.00 bits per heavy atom. The molecule has 0 saturated heterocycles. The van der Waals surface area contributed by atoms with E-state index in [1.807, 2.05) is 26.0 Å². The number of aromatic nitrogens is 1. The summed E-state index contributed by atoms with van der Waals surface area (Å²) in [7, 11) is 0. The van der Waals surface area contributed by atoms with Gasteiger partial charge in [0.25, 0.3) is 0 Å². The number of hydrogen-bond donors (Lipinski definition) is 2. The molecule has 0 atom stereocenters. The van der Waals surface area contributed by atoms with Crippen molar-refractivity contribution in [1.82, 2.24) is 4.98 Å². The van der Waals surface area contributed by atoms with Gasteiger partial charge in [0.05, 0.1) is 11.3 Å². The third-order valence-corrected chi connectivity index (χ3v) is 5.41. The number of thioether (sulfide) groups is 1. The fourth-order valence-corrected chi connectivity index (χ4v) is 3.63. The number of aryl methyl sites for hydroxylation is 2. The van der Waals surface area contributed by atoms with Crippen LogP contribution in [-0.4, -0.2) is 16.6 Å². The van der Waals surface area contributed by atoms with Crippen LogP contribution in [0.25, 0.3) is 10.9 Å². The number of H-pyrrole nitrogens is 1. The lowest BCUT2D eigenvalue weighted by Gasteiger charge is -2.09. The minimum atomic E-state index is -0.104. The maximum atomic E-state index is 12.3. The van der Waals surface area contributed by atoms with Crippen molar-refractivity contribution in [3.63, 3.8) is 0 Å². The van der Waals surface area contributed by atoms with Crippen LogP contribution in [0.4, 0.5) is 5.69 Å². The lowest BCUT2D eigenvalue weighted by atomic mass is 10.0.